The van der Waals surface area contributed by atoms with Crippen molar-refractivity contribution in [1.29, 1.82) is 0 Å². The molecule has 0 bridgehead atoms. The number of rotatable bonds is 11. The standard InChI is InChI=1S/C24H38N4O3/c1-17(2)16-21(28-23(30)19-13-7-8-15-26-19)24(31)27-20(22(29)25-3)14-9-12-18-10-5-4-6-11-18/h4-6,10-11,17,19-21,26H,7-9,12-16H2,1-3H3,(H,25,29)(H,27,31)(H,28,30)/t19-,20+,21+/m0/s1. The largest absolute Gasteiger partial charge is 0.357 e. The number of nitrogens with one attached hydrogen (secondary N) is 4. The summed E-state index contributed by atoms with van der Waals surface area (Å²) in [5.41, 5.74) is 1.20. The van der Waals surface area contributed by atoms with Crippen molar-refractivity contribution in [3.63, 3.8) is 0 Å². The van der Waals surface area contributed by atoms with Crippen molar-refractivity contribution in [3.05, 3.63) is 35.9 Å². The van der Waals surface area contributed by atoms with Crippen LogP contribution in [0.1, 0.15) is 57.9 Å². The number of piperidine rings is 1. The van der Waals surface area contributed by atoms with Crippen LogP contribution in [-0.4, -0.2) is 49.4 Å². The molecule has 1 heterocycles. The molecule has 0 aliphatic carbocycles. The number of benzene rings is 1. The molecule has 0 saturated carbocycles. The van der Waals surface area contributed by atoms with E-state index in [1.54, 1.807) is 7.05 Å². The topological polar surface area (TPSA) is 99.3 Å². The van der Waals surface area contributed by atoms with Gasteiger partial charge in [-0.2, -0.15) is 0 Å². The lowest BCUT2D eigenvalue weighted by Crippen LogP contribution is -2.56. The Morgan fingerprint density at radius 1 is 1.03 bits per heavy atom. The zero-order valence-electron chi connectivity index (χ0n) is 19.1. The van der Waals surface area contributed by atoms with Gasteiger partial charge in [0.15, 0.2) is 0 Å². The van der Waals surface area contributed by atoms with Gasteiger partial charge in [0.05, 0.1) is 6.04 Å². The second kappa shape index (κ2) is 13.1. The fourth-order valence-electron chi connectivity index (χ4n) is 3.92. The van der Waals surface area contributed by atoms with E-state index < -0.39 is 12.1 Å². The maximum Gasteiger partial charge on any atom is 0.243 e. The van der Waals surface area contributed by atoms with Crippen molar-refractivity contribution in [3.8, 4) is 0 Å². The molecule has 1 saturated heterocycles. The lowest BCUT2D eigenvalue weighted by atomic mass is 9.99. The first-order valence-corrected chi connectivity index (χ1v) is 11.5. The number of hydrogen-bond acceptors (Lipinski definition) is 4. The van der Waals surface area contributed by atoms with E-state index in [9.17, 15) is 14.4 Å². The molecule has 172 valence electrons. The molecule has 7 nitrogen and oxygen atoms in total. The highest BCUT2D eigenvalue weighted by Crippen LogP contribution is 2.11. The van der Waals surface area contributed by atoms with Gasteiger partial charge in [-0.15, -0.1) is 0 Å². The third kappa shape index (κ3) is 8.69. The molecule has 1 aliphatic heterocycles. The average molecular weight is 431 g/mol. The van der Waals surface area contributed by atoms with Crippen molar-refractivity contribution in [2.24, 2.45) is 5.92 Å². The minimum atomic E-state index is -0.655. The van der Waals surface area contributed by atoms with Gasteiger partial charge in [-0.05, 0) is 56.6 Å². The van der Waals surface area contributed by atoms with Crippen molar-refractivity contribution in [2.45, 2.75) is 76.9 Å². The Hall–Kier alpha value is -2.41. The Kier molecular flexibility index (Phi) is 10.5. The monoisotopic (exact) mass is 430 g/mol. The third-order valence-corrected chi connectivity index (χ3v) is 5.65. The van der Waals surface area contributed by atoms with E-state index in [1.807, 2.05) is 32.0 Å². The van der Waals surface area contributed by atoms with Crippen molar-refractivity contribution < 1.29 is 14.4 Å². The molecule has 0 aromatic heterocycles. The van der Waals surface area contributed by atoms with Gasteiger partial charge >= 0.3 is 0 Å². The summed E-state index contributed by atoms with van der Waals surface area (Å²) in [7, 11) is 1.57. The minimum absolute atomic E-state index is 0.138. The first-order valence-electron chi connectivity index (χ1n) is 11.5. The van der Waals surface area contributed by atoms with Crippen LogP contribution in [0.4, 0.5) is 0 Å². The summed E-state index contributed by atoms with van der Waals surface area (Å²) in [4.78, 5) is 38.1. The van der Waals surface area contributed by atoms with Gasteiger partial charge < -0.3 is 21.3 Å². The normalized spacial score (nSPS) is 18.1. The number of likely N-dealkylation sites (N-methyl/N-ethyl adjacent to an activating group) is 1. The molecule has 3 atom stereocenters. The van der Waals surface area contributed by atoms with E-state index >= 15 is 0 Å². The highest BCUT2D eigenvalue weighted by Gasteiger charge is 2.29. The molecule has 4 N–H and O–H groups in total. The zero-order valence-corrected chi connectivity index (χ0v) is 19.1. The van der Waals surface area contributed by atoms with Crippen LogP contribution in [0.2, 0.25) is 0 Å². The Bertz CT molecular complexity index is 702. The van der Waals surface area contributed by atoms with Crippen LogP contribution < -0.4 is 21.3 Å². The summed E-state index contributed by atoms with van der Waals surface area (Å²) in [5.74, 6) is -0.427. The van der Waals surface area contributed by atoms with Gasteiger partial charge in [-0.1, -0.05) is 50.6 Å². The van der Waals surface area contributed by atoms with Crippen LogP contribution in [0, 0.1) is 5.92 Å². The number of carbonyl (C=O) groups excluding carboxylic acids is 3. The lowest BCUT2D eigenvalue weighted by molar-refractivity contribution is -0.133. The van der Waals surface area contributed by atoms with Gasteiger partial charge in [0.25, 0.3) is 0 Å². The van der Waals surface area contributed by atoms with Crippen LogP contribution in [0.25, 0.3) is 0 Å². The quantitative estimate of drug-likeness (QED) is 0.431. The summed E-state index contributed by atoms with van der Waals surface area (Å²) >= 11 is 0. The van der Waals surface area contributed by atoms with E-state index in [0.29, 0.717) is 12.8 Å². The van der Waals surface area contributed by atoms with Gasteiger partial charge in [-0.25, -0.2) is 0 Å². The summed E-state index contributed by atoms with van der Waals surface area (Å²) in [6.07, 6.45) is 5.52. The van der Waals surface area contributed by atoms with Crippen LogP contribution in [0.3, 0.4) is 0 Å². The van der Waals surface area contributed by atoms with Crippen LogP contribution in [-0.2, 0) is 20.8 Å². The van der Waals surface area contributed by atoms with Gasteiger partial charge in [-0.3, -0.25) is 14.4 Å². The van der Waals surface area contributed by atoms with Crippen molar-refractivity contribution in [1.82, 2.24) is 21.3 Å². The molecule has 0 unspecified atom stereocenters. The second-order valence-corrected chi connectivity index (χ2v) is 8.75. The van der Waals surface area contributed by atoms with Crippen LogP contribution >= 0.6 is 0 Å². The smallest absolute Gasteiger partial charge is 0.243 e. The minimum Gasteiger partial charge on any atom is -0.357 e. The molecular weight excluding hydrogens is 392 g/mol. The van der Waals surface area contributed by atoms with Crippen molar-refractivity contribution in [2.75, 3.05) is 13.6 Å². The van der Waals surface area contributed by atoms with Gasteiger partial charge in [0.1, 0.15) is 12.1 Å². The zero-order chi connectivity index (χ0) is 22.6. The van der Waals surface area contributed by atoms with E-state index in [-0.39, 0.29) is 29.7 Å². The SMILES string of the molecule is CNC(=O)[C@@H](CCCc1ccccc1)NC(=O)[C@@H](CC(C)C)NC(=O)[C@@H]1CCCCN1. The molecule has 1 fully saturated rings. The van der Waals surface area contributed by atoms with Gasteiger partial charge in [0.2, 0.25) is 17.7 Å². The molecule has 1 aromatic rings. The number of hydrogen-bond donors (Lipinski definition) is 4. The number of carbonyl (C=O) groups is 3. The summed E-state index contributed by atoms with van der Waals surface area (Å²) in [6.45, 7) is 4.85. The molecule has 1 aliphatic rings. The molecule has 0 radical (unpaired) electrons. The third-order valence-electron chi connectivity index (χ3n) is 5.65. The first kappa shape index (κ1) is 24.9. The summed E-state index contributed by atoms with van der Waals surface area (Å²) < 4.78 is 0. The Labute approximate surface area is 186 Å². The fourth-order valence-corrected chi connectivity index (χ4v) is 3.92. The molecular formula is C24H38N4O3. The van der Waals surface area contributed by atoms with E-state index in [0.717, 1.165) is 38.6 Å². The highest BCUT2D eigenvalue weighted by molar-refractivity contribution is 5.93. The Balaban J connectivity index is 1.96. The maximum atomic E-state index is 13.0. The molecule has 1 aromatic carbocycles. The predicted molar refractivity (Wildman–Crippen MR) is 122 cm³/mol. The summed E-state index contributed by atoms with van der Waals surface area (Å²) in [6, 6.07) is 8.54. The fraction of sp³-hybridized carbons (Fsp3) is 0.625. The van der Waals surface area contributed by atoms with Crippen LogP contribution in [0.5, 0.6) is 0 Å². The molecule has 0 spiro atoms. The van der Waals surface area contributed by atoms with E-state index in [4.69, 9.17) is 0 Å². The molecule has 31 heavy (non-hydrogen) atoms. The van der Waals surface area contributed by atoms with Crippen molar-refractivity contribution >= 4 is 17.7 Å². The van der Waals surface area contributed by atoms with Crippen LogP contribution in [0.15, 0.2) is 30.3 Å². The Morgan fingerprint density at radius 2 is 1.77 bits per heavy atom. The number of aryl methyl sites for hydroxylation is 1. The highest BCUT2D eigenvalue weighted by atomic mass is 16.2. The molecule has 2 rings (SSSR count). The lowest BCUT2D eigenvalue weighted by Gasteiger charge is -2.27. The predicted octanol–water partition coefficient (Wildman–Crippen LogP) is 1.91. The molecule has 7 heteroatoms. The maximum absolute atomic E-state index is 13.0. The second-order valence-electron chi connectivity index (χ2n) is 8.75. The molecule has 3 amide bonds. The van der Waals surface area contributed by atoms with E-state index in [1.165, 1.54) is 5.56 Å². The first-order chi connectivity index (χ1) is 14.9. The van der Waals surface area contributed by atoms with Gasteiger partial charge in [0, 0.05) is 7.05 Å². The number of amides is 3. The van der Waals surface area contributed by atoms with E-state index in [2.05, 4.69) is 33.4 Å². The average Bonchev–Trinajstić information content (AvgIpc) is 2.78. The Morgan fingerprint density at radius 3 is 2.39 bits per heavy atom. The summed E-state index contributed by atoms with van der Waals surface area (Å²) in [5, 5.41) is 11.7.